The Morgan fingerprint density at radius 1 is 1.58 bits per heavy atom. The van der Waals surface area contributed by atoms with Crippen molar-refractivity contribution in [3.05, 3.63) is 33.1 Å². The number of carbonyl (C=O) groups excluding carboxylic acids is 1. The van der Waals surface area contributed by atoms with Crippen molar-refractivity contribution >= 4 is 28.4 Å². The molecule has 0 aliphatic carbocycles. The van der Waals surface area contributed by atoms with Crippen LogP contribution in [0.2, 0.25) is 0 Å². The molecule has 0 aliphatic heterocycles. The second-order valence-electron chi connectivity index (χ2n) is 2.63. The molecular weight excluding hydrogens is 270 g/mol. The van der Waals surface area contributed by atoms with E-state index in [1.165, 1.54) is 13.0 Å². The number of Topliss-reactive ketones (excluding diaryl/α,β-unsaturated/α-hetero) is 1. The second-order valence-corrected chi connectivity index (χ2v) is 3.79. The fourth-order valence-corrected chi connectivity index (χ4v) is 1.27. The van der Waals surface area contributed by atoms with E-state index in [0.29, 0.717) is 9.99 Å². The second kappa shape index (κ2) is 3.98. The molecule has 0 unspecified atom stereocenters. The van der Waals surface area contributed by atoms with Crippen LogP contribution in [0.3, 0.4) is 0 Å². The summed E-state index contributed by atoms with van der Waals surface area (Å²) < 4.78 is 13.5. The van der Waals surface area contributed by atoms with Gasteiger partial charge >= 0.3 is 0 Å². The maximum atomic E-state index is 12.9. The minimum Gasteiger partial charge on any atom is -0.300 e. The highest BCUT2D eigenvalue weighted by atomic mass is 127. The van der Waals surface area contributed by atoms with Gasteiger partial charge in [0.2, 0.25) is 0 Å². The molecule has 0 N–H and O–H groups in total. The van der Waals surface area contributed by atoms with E-state index < -0.39 is 0 Å². The fourth-order valence-electron chi connectivity index (χ4n) is 0.937. The minimum absolute atomic E-state index is 0.0515. The van der Waals surface area contributed by atoms with E-state index in [1.54, 1.807) is 12.1 Å². The van der Waals surface area contributed by atoms with Gasteiger partial charge in [0, 0.05) is 9.99 Å². The van der Waals surface area contributed by atoms with E-state index in [0.717, 1.165) is 5.56 Å². The molecule has 12 heavy (non-hydrogen) atoms. The Balaban J connectivity index is 2.89. The van der Waals surface area contributed by atoms with Gasteiger partial charge < -0.3 is 0 Å². The van der Waals surface area contributed by atoms with Crippen molar-refractivity contribution in [1.29, 1.82) is 0 Å². The van der Waals surface area contributed by atoms with Crippen molar-refractivity contribution in [2.75, 3.05) is 0 Å². The van der Waals surface area contributed by atoms with Gasteiger partial charge in [0.05, 0.1) is 0 Å². The molecule has 0 spiro atoms. The van der Waals surface area contributed by atoms with E-state index in [-0.39, 0.29) is 11.6 Å². The first-order valence-corrected chi connectivity index (χ1v) is 4.61. The van der Waals surface area contributed by atoms with Crippen LogP contribution < -0.4 is 0 Å². The van der Waals surface area contributed by atoms with Crippen LogP contribution >= 0.6 is 22.6 Å². The van der Waals surface area contributed by atoms with Gasteiger partial charge in [-0.15, -0.1) is 0 Å². The quantitative estimate of drug-likeness (QED) is 0.760. The lowest BCUT2D eigenvalue weighted by atomic mass is 10.1. The highest BCUT2D eigenvalue weighted by Gasteiger charge is 2.01. The Morgan fingerprint density at radius 3 is 2.75 bits per heavy atom. The third kappa shape index (κ3) is 2.55. The van der Waals surface area contributed by atoms with Crippen molar-refractivity contribution in [1.82, 2.24) is 0 Å². The van der Waals surface area contributed by atoms with E-state index in [4.69, 9.17) is 0 Å². The predicted molar refractivity (Wildman–Crippen MR) is 53.5 cm³/mol. The summed E-state index contributed by atoms with van der Waals surface area (Å²) in [7, 11) is 0. The molecule has 64 valence electrons. The summed E-state index contributed by atoms with van der Waals surface area (Å²) in [4.78, 5) is 10.7. The first-order valence-electron chi connectivity index (χ1n) is 3.53. The van der Waals surface area contributed by atoms with Crippen LogP contribution in [-0.4, -0.2) is 5.78 Å². The number of benzene rings is 1. The molecule has 0 aliphatic rings. The summed E-state index contributed by atoms with van der Waals surface area (Å²) in [5.74, 6) is -0.204. The highest BCUT2D eigenvalue weighted by molar-refractivity contribution is 14.1. The molecule has 0 fully saturated rings. The van der Waals surface area contributed by atoms with Crippen molar-refractivity contribution in [3.8, 4) is 0 Å². The third-order valence-electron chi connectivity index (χ3n) is 1.44. The Hall–Kier alpha value is -0.450. The summed E-state index contributed by atoms with van der Waals surface area (Å²) >= 11 is 1.91. The predicted octanol–water partition coefficient (Wildman–Crippen LogP) is 2.56. The van der Waals surface area contributed by atoms with Gasteiger partial charge in [0.25, 0.3) is 0 Å². The zero-order valence-corrected chi connectivity index (χ0v) is 8.76. The maximum absolute atomic E-state index is 12.9. The average molecular weight is 278 g/mol. The Kier molecular flexibility index (Phi) is 3.20. The third-order valence-corrected chi connectivity index (χ3v) is 2.31. The van der Waals surface area contributed by atoms with Gasteiger partial charge in [0.15, 0.2) is 0 Å². The number of carbonyl (C=O) groups is 1. The van der Waals surface area contributed by atoms with E-state index >= 15 is 0 Å². The van der Waals surface area contributed by atoms with Gasteiger partial charge in [-0.3, -0.25) is 4.79 Å². The van der Waals surface area contributed by atoms with Crippen LogP contribution in [0.5, 0.6) is 0 Å². The van der Waals surface area contributed by atoms with Gasteiger partial charge in [0.1, 0.15) is 11.6 Å². The van der Waals surface area contributed by atoms with Crippen LogP contribution in [-0.2, 0) is 11.2 Å². The Labute approximate surface area is 84.1 Å². The molecule has 0 atom stereocenters. The molecular formula is C9H8FIO. The monoisotopic (exact) mass is 278 g/mol. The van der Waals surface area contributed by atoms with Gasteiger partial charge in [-0.1, -0.05) is 6.07 Å². The summed E-state index contributed by atoms with van der Waals surface area (Å²) in [5, 5.41) is 0. The van der Waals surface area contributed by atoms with Crippen molar-refractivity contribution < 1.29 is 9.18 Å². The van der Waals surface area contributed by atoms with Crippen molar-refractivity contribution in [3.63, 3.8) is 0 Å². The maximum Gasteiger partial charge on any atom is 0.136 e. The lowest BCUT2D eigenvalue weighted by molar-refractivity contribution is -0.116. The number of rotatable bonds is 2. The van der Waals surface area contributed by atoms with Gasteiger partial charge in [-0.25, -0.2) is 4.39 Å². The first kappa shape index (κ1) is 9.64. The van der Waals surface area contributed by atoms with Gasteiger partial charge in [-0.05, 0) is 47.2 Å². The van der Waals surface area contributed by atoms with Crippen LogP contribution in [0.25, 0.3) is 0 Å². The molecule has 1 rings (SSSR count). The minimum atomic E-state index is -0.255. The SMILES string of the molecule is CC(=O)Cc1ccc(I)c(F)c1. The molecule has 0 radical (unpaired) electrons. The van der Waals surface area contributed by atoms with E-state index in [2.05, 4.69) is 0 Å². The fraction of sp³-hybridized carbons (Fsp3) is 0.222. The summed E-state index contributed by atoms with van der Waals surface area (Å²) in [6.45, 7) is 1.50. The standard InChI is InChI=1S/C9H8FIO/c1-6(12)4-7-2-3-9(11)8(10)5-7/h2-3,5H,4H2,1H3. The summed E-state index contributed by atoms with van der Waals surface area (Å²) in [6.07, 6.45) is 0.313. The normalized spacial score (nSPS) is 9.92. The van der Waals surface area contributed by atoms with Crippen molar-refractivity contribution in [2.45, 2.75) is 13.3 Å². The molecule has 0 saturated heterocycles. The largest absolute Gasteiger partial charge is 0.300 e. The zero-order chi connectivity index (χ0) is 9.14. The van der Waals surface area contributed by atoms with Crippen LogP contribution in [0.15, 0.2) is 18.2 Å². The number of hydrogen-bond acceptors (Lipinski definition) is 1. The molecule has 0 amide bonds. The zero-order valence-electron chi connectivity index (χ0n) is 6.60. The molecule has 3 heteroatoms. The molecule has 1 nitrogen and oxygen atoms in total. The number of halogens is 2. The highest BCUT2D eigenvalue weighted by Crippen LogP contribution is 2.12. The Bertz CT molecular complexity index is 309. The van der Waals surface area contributed by atoms with Gasteiger partial charge in [-0.2, -0.15) is 0 Å². The van der Waals surface area contributed by atoms with Crippen molar-refractivity contribution in [2.24, 2.45) is 0 Å². The van der Waals surface area contributed by atoms with E-state index in [1.807, 2.05) is 22.6 Å². The summed E-state index contributed by atoms with van der Waals surface area (Å²) in [5.41, 5.74) is 0.736. The van der Waals surface area contributed by atoms with Crippen LogP contribution in [0.1, 0.15) is 12.5 Å². The molecule has 0 bridgehead atoms. The lowest BCUT2D eigenvalue weighted by Crippen LogP contribution is -1.97. The summed E-state index contributed by atoms with van der Waals surface area (Å²) in [6, 6.07) is 4.85. The number of ketones is 1. The first-order chi connectivity index (χ1) is 5.59. The average Bonchev–Trinajstić information content (AvgIpc) is 1.96. The molecule has 1 aromatic rings. The van der Waals surface area contributed by atoms with E-state index in [9.17, 15) is 9.18 Å². The smallest absolute Gasteiger partial charge is 0.136 e. The molecule has 0 saturated carbocycles. The molecule has 0 aromatic heterocycles. The molecule has 1 aromatic carbocycles. The lowest BCUT2D eigenvalue weighted by Gasteiger charge is -1.98. The topological polar surface area (TPSA) is 17.1 Å². The van der Waals surface area contributed by atoms with Crippen LogP contribution in [0, 0.1) is 9.39 Å². The van der Waals surface area contributed by atoms with Crippen LogP contribution in [0.4, 0.5) is 4.39 Å². The Morgan fingerprint density at radius 2 is 2.25 bits per heavy atom. The number of hydrogen-bond donors (Lipinski definition) is 0. The molecule has 0 heterocycles.